The normalized spacial score (nSPS) is 11.8. The van der Waals surface area contributed by atoms with Crippen molar-refractivity contribution in [2.75, 3.05) is 39.3 Å². The molecule has 0 radical (unpaired) electrons. The maximum atomic E-state index is 7.04. The van der Waals surface area contributed by atoms with Gasteiger partial charge in [-0.15, -0.1) is 15.2 Å². The van der Waals surface area contributed by atoms with Gasteiger partial charge in [0.1, 0.15) is 17.2 Å². The van der Waals surface area contributed by atoms with Gasteiger partial charge in [-0.05, 0) is 129 Å². The molecule has 3 aromatic rings. The first-order chi connectivity index (χ1) is 37.3. The van der Waals surface area contributed by atoms with Crippen LogP contribution in [0.25, 0.3) is 0 Å². The van der Waals surface area contributed by atoms with E-state index in [2.05, 4.69) is 132 Å². The number of hydroxylamine groups is 6. The maximum Gasteiger partial charge on any atom is 0.147 e. The first-order valence-electron chi connectivity index (χ1n) is 32.9. The summed E-state index contributed by atoms with van der Waals surface area (Å²) in [7, 11) is 0. The van der Waals surface area contributed by atoms with E-state index in [-0.39, 0.29) is 5.92 Å². The van der Waals surface area contributed by atoms with Crippen molar-refractivity contribution in [3.05, 3.63) is 88.0 Å². The molecule has 6 heteroatoms. The number of nitrogens with zero attached hydrogens (tertiary/aromatic N) is 3. The summed E-state index contributed by atoms with van der Waals surface area (Å²) in [6.07, 6.45) is 46.2. The molecule has 0 saturated heterocycles. The SMILES string of the molecule is CCCCCCCCN(CCCCCCCC)Oc1ccc(C)c(C(c2cc(ON(CCCCCCCC)CCCCCCCC)ccc2C)c2cc(ON(CCCCCCCC)CCCCCCCC)ccc2C)c1. The summed E-state index contributed by atoms with van der Waals surface area (Å²) in [6.45, 7) is 26.5. The van der Waals surface area contributed by atoms with Crippen LogP contribution in [0.15, 0.2) is 54.6 Å². The minimum Gasteiger partial charge on any atom is -0.406 e. The van der Waals surface area contributed by atoms with Crippen molar-refractivity contribution < 1.29 is 14.5 Å². The van der Waals surface area contributed by atoms with E-state index in [0.29, 0.717) is 0 Å². The van der Waals surface area contributed by atoms with Gasteiger partial charge in [0.05, 0.1) is 0 Å². The van der Waals surface area contributed by atoms with Gasteiger partial charge in [-0.2, -0.15) is 0 Å². The lowest BCUT2D eigenvalue weighted by molar-refractivity contribution is -0.0608. The summed E-state index contributed by atoms with van der Waals surface area (Å²) >= 11 is 0. The van der Waals surface area contributed by atoms with Gasteiger partial charge in [0.15, 0.2) is 0 Å². The zero-order valence-electron chi connectivity index (χ0n) is 51.5. The average Bonchev–Trinajstić information content (AvgIpc) is 3.43. The molecule has 6 nitrogen and oxygen atoms in total. The number of unbranched alkanes of at least 4 members (excludes halogenated alkanes) is 30. The smallest absolute Gasteiger partial charge is 0.147 e. The highest BCUT2D eigenvalue weighted by Crippen LogP contribution is 2.41. The largest absolute Gasteiger partial charge is 0.406 e. The van der Waals surface area contributed by atoms with Crippen LogP contribution in [-0.4, -0.2) is 54.5 Å². The van der Waals surface area contributed by atoms with Crippen LogP contribution in [0.3, 0.4) is 0 Å². The van der Waals surface area contributed by atoms with E-state index < -0.39 is 0 Å². The van der Waals surface area contributed by atoms with Gasteiger partial charge in [-0.25, -0.2) is 0 Å². The van der Waals surface area contributed by atoms with Gasteiger partial charge in [0.2, 0.25) is 0 Å². The first kappa shape index (κ1) is 67.2. The van der Waals surface area contributed by atoms with E-state index in [1.807, 2.05) is 0 Å². The zero-order valence-corrected chi connectivity index (χ0v) is 51.5. The Morgan fingerprint density at radius 2 is 0.447 bits per heavy atom. The third-order valence-electron chi connectivity index (χ3n) is 16.0. The molecule has 0 aromatic heterocycles. The molecule has 434 valence electrons. The lowest BCUT2D eigenvalue weighted by Crippen LogP contribution is -2.30. The van der Waals surface area contributed by atoms with E-state index in [4.69, 9.17) is 14.5 Å². The monoisotopic (exact) mass is 1050 g/mol. The van der Waals surface area contributed by atoms with Gasteiger partial charge in [0.25, 0.3) is 0 Å². The number of hydrogen-bond donors (Lipinski definition) is 0. The minimum atomic E-state index is -0.0580. The van der Waals surface area contributed by atoms with Crippen molar-refractivity contribution in [3.63, 3.8) is 0 Å². The third kappa shape index (κ3) is 29.8. The lowest BCUT2D eigenvalue weighted by atomic mass is 9.79. The van der Waals surface area contributed by atoms with Gasteiger partial charge >= 0.3 is 0 Å². The standard InChI is InChI=1S/C70H121N3O3/c1-10-16-22-28-34-40-52-71(53-41-35-29-23-17-11-2)74-64-49-46-61(7)67(58-64)70(68-59-65(50-47-62(68)8)75-72(54-42-36-30-24-18-12-3)55-43-37-31-25-19-13-4)69-60-66(51-48-63(69)9)76-73(56-44-38-32-26-20-14-5)57-45-39-33-27-21-15-6/h46-51,58-60,70H,10-45,52-57H2,1-9H3. The van der Waals surface area contributed by atoms with Crippen LogP contribution in [0, 0.1) is 20.8 Å². The third-order valence-corrected chi connectivity index (χ3v) is 16.0. The second-order valence-corrected chi connectivity index (χ2v) is 23.2. The highest BCUT2D eigenvalue weighted by Gasteiger charge is 2.26. The van der Waals surface area contributed by atoms with E-state index in [9.17, 15) is 0 Å². The van der Waals surface area contributed by atoms with E-state index >= 15 is 0 Å². The van der Waals surface area contributed by atoms with Crippen molar-refractivity contribution in [1.29, 1.82) is 0 Å². The molecule has 0 unspecified atom stereocenters. The Morgan fingerprint density at radius 1 is 0.263 bits per heavy atom. The predicted octanol–water partition coefficient (Wildman–Crippen LogP) is 21.7. The van der Waals surface area contributed by atoms with Gasteiger partial charge in [-0.3, -0.25) is 0 Å². The molecule has 0 amide bonds. The number of aryl methyl sites for hydroxylation is 3. The highest BCUT2D eigenvalue weighted by molar-refractivity contribution is 5.55. The van der Waals surface area contributed by atoms with E-state index in [0.717, 1.165) is 56.5 Å². The molecule has 3 aromatic carbocycles. The molecule has 0 spiro atoms. The second-order valence-electron chi connectivity index (χ2n) is 23.2. The quantitative estimate of drug-likeness (QED) is 0.0319. The van der Waals surface area contributed by atoms with Crippen LogP contribution < -0.4 is 14.5 Å². The second kappa shape index (κ2) is 44.8. The molecule has 0 N–H and O–H groups in total. The topological polar surface area (TPSA) is 37.4 Å². The van der Waals surface area contributed by atoms with E-state index in [1.165, 1.54) is 265 Å². The molecule has 0 saturated carbocycles. The predicted molar refractivity (Wildman–Crippen MR) is 331 cm³/mol. The van der Waals surface area contributed by atoms with Gasteiger partial charge in [0, 0.05) is 45.2 Å². The van der Waals surface area contributed by atoms with Crippen LogP contribution in [-0.2, 0) is 0 Å². The molecule has 0 atom stereocenters. The van der Waals surface area contributed by atoms with Crippen LogP contribution in [0.4, 0.5) is 0 Å². The molecule has 0 aliphatic carbocycles. The van der Waals surface area contributed by atoms with Crippen LogP contribution in [0.5, 0.6) is 17.2 Å². The Morgan fingerprint density at radius 3 is 0.645 bits per heavy atom. The fourth-order valence-corrected chi connectivity index (χ4v) is 10.9. The Hall–Kier alpha value is -3.06. The summed E-state index contributed by atoms with van der Waals surface area (Å²) in [5, 5.41) is 6.90. The molecule has 0 fully saturated rings. The van der Waals surface area contributed by atoms with Gasteiger partial charge < -0.3 is 14.5 Å². The maximum absolute atomic E-state index is 7.04. The van der Waals surface area contributed by atoms with Crippen LogP contribution in [0.2, 0.25) is 0 Å². The fraction of sp³-hybridized carbons (Fsp3) is 0.743. The highest BCUT2D eigenvalue weighted by atomic mass is 16.7. The Kier molecular flexibility index (Phi) is 39.6. The first-order valence-corrected chi connectivity index (χ1v) is 32.9. The molecule has 0 heterocycles. The fourth-order valence-electron chi connectivity index (χ4n) is 10.9. The van der Waals surface area contributed by atoms with Crippen molar-refractivity contribution >= 4 is 0 Å². The van der Waals surface area contributed by atoms with Crippen molar-refractivity contribution in [2.45, 2.75) is 299 Å². The Labute approximate surface area is 471 Å². The summed E-state index contributed by atoms with van der Waals surface area (Å²) in [6, 6.07) is 20.7. The van der Waals surface area contributed by atoms with Crippen molar-refractivity contribution in [1.82, 2.24) is 15.2 Å². The number of hydrogen-bond acceptors (Lipinski definition) is 6. The summed E-state index contributed by atoms with van der Waals surface area (Å²) in [5.41, 5.74) is 7.66. The van der Waals surface area contributed by atoms with E-state index in [1.54, 1.807) is 0 Å². The molecule has 0 aliphatic heterocycles. The molecular weight excluding hydrogens is 931 g/mol. The summed E-state index contributed by atoms with van der Waals surface area (Å²) < 4.78 is 0. The molecule has 0 bridgehead atoms. The van der Waals surface area contributed by atoms with Crippen LogP contribution >= 0.6 is 0 Å². The van der Waals surface area contributed by atoms with Crippen molar-refractivity contribution in [2.24, 2.45) is 0 Å². The molecule has 3 rings (SSSR count). The Bertz CT molecular complexity index is 1570. The Balaban J connectivity index is 2.10. The lowest BCUT2D eigenvalue weighted by Gasteiger charge is -2.29. The van der Waals surface area contributed by atoms with Gasteiger partial charge in [-0.1, -0.05) is 252 Å². The molecule has 76 heavy (non-hydrogen) atoms. The van der Waals surface area contributed by atoms with Crippen LogP contribution in [0.1, 0.15) is 312 Å². The minimum absolute atomic E-state index is 0.0580. The molecular formula is C70H121N3O3. The molecule has 0 aliphatic rings. The summed E-state index contributed by atoms with van der Waals surface area (Å²) in [5.74, 6) is 2.75. The van der Waals surface area contributed by atoms with Crippen molar-refractivity contribution in [3.8, 4) is 17.2 Å². The number of benzene rings is 3. The zero-order chi connectivity index (χ0) is 54.7. The summed E-state index contributed by atoms with van der Waals surface area (Å²) in [4.78, 5) is 21.1. The number of rotatable bonds is 51. The average molecular weight is 1050 g/mol.